The molecule has 1 amide bonds. The van der Waals surface area contributed by atoms with Crippen LogP contribution >= 0.6 is 0 Å². The Morgan fingerprint density at radius 3 is 2.69 bits per heavy atom. The Morgan fingerprint density at radius 1 is 1.21 bits per heavy atom. The number of hydrogen-bond acceptors (Lipinski definition) is 5. The third kappa shape index (κ3) is 5.04. The second kappa shape index (κ2) is 9.41. The molecule has 0 N–H and O–H groups in total. The van der Waals surface area contributed by atoms with Gasteiger partial charge in [0.1, 0.15) is 5.82 Å². The van der Waals surface area contributed by atoms with Crippen LogP contribution in [0.3, 0.4) is 0 Å². The van der Waals surface area contributed by atoms with Crippen LogP contribution in [0.5, 0.6) is 11.5 Å². The molecular formula is C22H25FN2O4. The van der Waals surface area contributed by atoms with Crippen molar-refractivity contribution in [3.63, 3.8) is 0 Å². The van der Waals surface area contributed by atoms with Crippen LogP contribution in [0.25, 0.3) is 0 Å². The number of nitrogens with zero attached hydrogens (tertiary/aromatic N) is 2. The highest BCUT2D eigenvalue weighted by Crippen LogP contribution is 2.29. The highest BCUT2D eigenvalue weighted by Gasteiger charge is 2.27. The quantitative estimate of drug-likeness (QED) is 0.677. The van der Waals surface area contributed by atoms with Gasteiger partial charge in [0, 0.05) is 24.9 Å². The summed E-state index contributed by atoms with van der Waals surface area (Å²) in [5.41, 5.74) is 2.40. The first-order chi connectivity index (χ1) is 14.0. The molecule has 1 atom stereocenters. The fraction of sp³-hybridized carbons (Fsp3) is 0.364. The van der Waals surface area contributed by atoms with Crippen LogP contribution < -0.4 is 9.47 Å². The second-order valence-electron chi connectivity index (χ2n) is 6.80. The first kappa shape index (κ1) is 20.6. The van der Waals surface area contributed by atoms with Crippen molar-refractivity contribution in [3.05, 3.63) is 59.4 Å². The van der Waals surface area contributed by atoms with Crippen molar-refractivity contribution in [1.29, 1.82) is 0 Å². The van der Waals surface area contributed by atoms with Gasteiger partial charge in [-0.3, -0.25) is 4.79 Å². The monoisotopic (exact) mass is 400 g/mol. The van der Waals surface area contributed by atoms with Crippen LogP contribution in [-0.4, -0.2) is 43.4 Å². The normalized spacial score (nSPS) is 15.4. The Morgan fingerprint density at radius 2 is 2.00 bits per heavy atom. The summed E-state index contributed by atoms with van der Waals surface area (Å²) in [6.07, 6.45) is 0.666. The lowest BCUT2D eigenvalue weighted by Crippen LogP contribution is -2.36. The molecule has 0 spiro atoms. The fourth-order valence-corrected chi connectivity index (χ4v) is 3.29. The van der Waals surface area contributed by atoms with Crippen molar-refractivity contribution in [2.75, 3.05) is 20.8 Å². The summed E-state index contributed by atoms with van der Waals surface area (Å²) in [7, 11) is 3.17. The van der Waals surface area contributed by atoms with Gasteiger partial charge >= 0.3 is 0 Å². The number of ether oxygens (including phenoxy) is 2. The molecule has 0 aliphatic carbocycles. The first-order valence-electron chi connectivity index (χ1n) is 9.51. The lowest BCUT2D eigenvalue weighted by atomic mass is 10.0. The van der Waals surface area contributed by atoms with E-state index in [1.165, 1.54) is 12.1 Å². The number of amides is 1. The fourth-order valence-electron chi connectivity index (χ4n) is 3.29. The topological polar surface area (TPSA) is 60.4 Å². The number of benzene rings is 2. The maximum atomic E-state index is 13.5. The van der Waals surface area contributed by atoms with Crippen molar-refractivity contribution in [1.82, 2.24) is 4.90 Å². The largest absolute Gasteiger partial charge is 0.493 e. The Hall–Kier alpha value is -3.09. The zero-order valence-electron chi connectivity index (χ0n) is 16.9. The Bertz CT molecular complexity index is 900. The molecule has 1 aliphatic heterocycles. The van der Waals surface area contributed by atoms with Gasteiger partial charge in [0.2, 0.25) is 5.91 Å². The molecule has 2 aromatic rings. The Kier molecular flexibility index (Phi) is 6.69. The number of oxime groups is 1. The Labute approximate surface area is 169 Å². The second-order valence-corrected chi connectivity index (χ2v) is 6.80. The van der Waals surface area contributed by atoms with Gasteiger partial charge in [0.05, 0.1) is 26.5 Å². The first-order valence-corrected chi connectivity index (χ1v) is 9.51. The van der Waals surface area contributed by atoms with Gasteiger partial charge in [-0.1, -0.05) is 24.2 Å². The van der Waals surface area contributed by atoms with Crippen molar-refractivity contribution in [2.24, 2.45) is 5.16 Å². The van der Waals surface area contributed by atoms with Crippen LogP contribution in [0.15, 0.2) is 47.6 Å². The van der Waals surface area contributed by atoms with Gasteiger partial charge < -0.3 is 19.2 Å². The minimum Gasteiger partial charge on any atom is -0.493 e. The number of carbonyl (C=O) groups excluding carboxylic acids is 1. The molecule has 29 heavy (non-hydrogen) atoms. The van der Waals surface area contributed by atoms with E-state index in [1.807, 2.05) is 25.1 Å². The molecule has 0 radical (unpaired) electrons. The molecular weight excluding hydrogens is 375 g/mol. The summed E-state index contributed by atoms with van der Waals surface area (Å²) in [6, 6.07) is 11.8. The molecule has 154 valence electrons. The SMILES string of the molecule is CCC(=O)N(Cc1cccc(F)c1)CC1CC(c2ccc(OC)c(OC)c2)=NO1. The highest BCUT2D eigenvalue weighted by molar-refractivity contribution is 6.01. The van der Waals surface area contributed by atoms with Gasteiger partial charge in [-0.2, -0.15) is 0 Å². The summed E-state index contributed by atoms with van der Waals surface area (Å²) in [4.78, 5) is 19.7. The van der Waals surface area contributed by atoms with E-state index >= 15 is 0 Å². The number of methoxy groups -OCH3 is 2. The van der Waals surface area contributed by atoms with E-state index in [2.05, 4.69) is 5.16 Å². The van der Waals surface area contributed by atoms with Gasteiger partial charge in [-0.15, -0.1) is 0 Å². The standard InChI is InChI=1S/C22H25FN2O4/c1-4-22(26)25(13-15-6-5-7-17(23)10-15)14-18-12-19(24-29-18)16-8-9-20(27-2)21(11-16)28-3/h5-11,18H,4,12-14H2,1-3H3. The van der Waals surface area contributed by atoms with Crippen molar-refractivity contribution < 1.29 is 23.5 Å². The molecule has 0 saturated heterocycles. The Balaban J connectivity index is 1.68. The molecule has 0 aromatic heterocycles. The van der Waals surface area contributed by atoms with Crippen molar-refractivity contribution in [3.8, 4) is 11.5 Å². The molecule has 0 saturated carbocycles. The molecule has 2 aromatic carbocycles. The number of halogens is 1. The zero-order chi connectivity index (χ0) is 20.8. The van der Waals surface area contributed by atoms with Crippen molar-refractivity contribution in [2.45, 2.75) is 32.4 Å². The van der Waals surface area contributed by atoms with Crippen LogP contribution in [0.1, 0.15) is 30.9 Å². The van der Waals surface area contributed by atoms with Crippen LogP contribution in [0, 0.1) is 5.82 Å². The molecule has 0 fully saturated rings. The maximum absolute atomic E-state index is 13.5. The number of hydrogen-bond donors (Lipinski definition) is 0. The van der Waals surface area contributed by atoms with Crippen LogP contribution in [0.2, 0.25) is 0 Å². The lowest BCUT2D eigenvalue weighted by Gasteiger charge is -2.24. The molecule has 6 nitrogen and oxygen atoms in total. The smallest absolute Gasteiger partial charge is 0.222 e. The minimum atomic E-state index is -0.317. The average Bonchev–Trinajstić information content (AvgIpc) is 3.20. The molecule has 7 heteroatoms. The predicted octanol–water partition coefficient (Wildman–Crippen LogP) is 3.77. The number of carbonyl (C=O) groups is 1. The van der Waals surface area contributed by atoms with E-state index in [4.69, 9.17) is 14.3 Å². The van der Waals surface area contributed by atoms with Crippen LogP contribution in [0.4, 0.5) is 4.39 Å². The van der Waals surface area contributed by atoms with E-state index in [-0.39, 0.29) is 17.8 Å². The van der Waals surface area contributed by atoms with Gasteiger partial charge in [0.25, 0.3) is 0 Å². The third-order valence-corrected chi connectivity index (χ3v) is 4.79. The average molecular weight is 400 g/mol. The minimum absolute atomic E-state index is 0.0163. The molecule has 0 bridgehead atoms. The lowest BCUT2D eigenvalue weighted by molar-refractivity contribution is -0.133. The van der Waals surface area contributed by atoms with Crippen molar-refractivity contribution >= 4 is 11.6 Å². The highest BCUT2D eigenvalue weighted by atomic mass is 19.1. The van der Waals surface area contributed by atoms with E-state index < -0.39 is 0 Å². The number of rotatable bonds is 8. The third-order valence-electron chi connectivity index (χ3n) is 4.79. The summed E-state index contributed by atoms with van der Waals surface area (Å²) in [5.74, 6) is 0.923. The van der Waals surface area contributed by atoms with Gasteiger partial charge in [0.15, 0.2) is 17.6 Å². The summed E-state index contributed by atoms with van der Waals surface area (Å²) in [6.45, 7) is 2.52. The molecule has 3 rings (SSSR count). The summed E-state index contributed by atoms with van der Waals surface area (Å²) >= 11 is 0. The van der Waals surface area contributed by atoms with E-state index in [0.717, 1.165) is 16.8 Å². The predicted molar refractivity (Wildman–Crippen MR) is 108 cm³/mol. The summed E-state index contributed by atoms with van der Waals surface area (Å²) in [5, 5.41) is 4.20. The van der Waals surface area contributed by atoms with Gasteiger partial charge in [-0.25, -0.2) is 4.39 Å². The molecule has 1 unspecified atom stereocenters. The van der Waals surface area contributed by atoms with E-state index in [9.17, 15) is 9.18 Å². The van der Waals surface area contributed by atoms with Crippen LogP contribution in [-0.2, 0) is 16.2 Å². The van der Waals surface area contributed by atoms with E-state index in [0.29, 0.717) is 37.4 Å². The van der Waals surface area contributed by atoms with E-state index in [1.54, 1.807) is 31.3 Å². The molecule has 1 aliphatic rings. The zero-order valence-corrected chi connectivity index (χ0v) is 16.9. The van der Waals surface area contributed by atoms with Gasteiger partial charge in [-0.05, 0) is 35.9 Å². The maximum Gasteiger partial charge on any atom is 0.222 e. The summed E-state index contributed by atoms with van der Waals surface area (Å²) < 4.78 is 24.1. The molecule has 1 heterocycles.